The molecule has 0 aliphatic carbocycles. The van der Waals surface area contributed by atoms with Crippen LogP contribution in [-0.4, -0.2) is 22.7 Å². The number of thioether (sulfide) groups is 2. The maximum Gasteiger partial charge on any atom is 0.294 e. The first-order valence-corrected chi connectivity index (χ1v) is 5.50. The molecule has 0 heterocycles. The Kier molecular flexibility index (Phi) is 7.80. The van der Waals surface area contributed by atoms with Gasteiger partial charge in [-0.25, -0.2) is 0 Å². The maximum absolute atomic E-state index is 10.0. The highest BCUT2D eigenvalue weighted by atomic mass is 32.2. The predicted molar refractivity (Wildman–Crippen MR) is 52.6 cm³/mol. The van der Waals surface area contributed by atoms with Gasteiger partial charge in [0.25, 0.3) is 5.09 Å². The van der Waals surface area contributed by atoms with Crippen molar-refractivity contribution in [3.05, 3.63) is 10.1 Å². The topological polar surface area (TPSA) is 100.0 Å². The van der Waals surface area contributed by atoms with Crippen molar-refractivity contribution in [2.75, 3.05) is 11.5 Å². The zero-order valence-electron chi connectivity index (χ0n) is 7.08. The molecule has 0 aromatic carbocycles. The van der Waals surface area contributed by atoms with E-state index in [2.05, 4.69) is 4.84 Å². The Morgan fingerprint density at radius 1 is 1.43 bits per heavy atom. The summed E-state index contributed by atoms with van der Waals surface area (Å²) < 4.78 is 0. The molecule has 0 amide bonds. The Bertz CT molecular complexity index is 260. The zero-order chi connectivity index (χ0) is 10.8. The van der Waals surface area contributed by atoms with E-state index in [1.54, 1.807) is 5.40 Å². The fraction of sp³-hybridized carbons (Fsp3) is 0.667. The summed E-state index contributed by atoms with van der Waals surface area (Å²) in [5.41, 5.74) is 0. The van der Waals surface area contributed by atoms with E-state index in [1.165, 1.54) is 0 Å². The Hall–Kier alpha value is -1.12. The molecular weight excluding hydrogens is 226 g/mol. The number of nitrogens with zero attached hydrogens (tertiary/aromatic N) is 3. The lowest BCUT2D eigenvalue weighted by Gasteiger charge is -2.10. The van der Waals surface area contributed by atoms with Crippen molar-refractivity contribution in [2.45, 2.75) is 12.5 Å². The highest BCUT2D eigenvalue weighted by Gasteiger charge is 2.13. The normalized spacial score (nSPS) is 11.0. The molecule has 14 heavy (non-hydrogen) atoms. The van der Waals surface area contributed by atoms with Crippen molar-refractivity contribution in [1.82, 2.24) is 0 Å². The predicted octanol–water partition coefficient (Wildman–Crippen LogP) is 1.38. The van der Waals surface area contributed by atoms with Crippen LogP contribution in [0.4, 0.5) is 0 Å². The van der Waals surface area contributed by atoms with Crippen molar-refractivity contribution >= 4 is 23.5 Å². The smallest absolute Gasteiger partial charge is 0.294 e. The molecule has 0 radical (unpaired) electrons. The van der Waals surface area contributed by atoms with Gasteiger partial charge in [-0.15, -0.1) is 10.1 Å². The molecule has 0 bridgehead atoms. The molecule has 1 unspecified atom stereocenters. The average molecular weight is 233 g/mol. The summed E-state index contributed by atoms with van der Waals surface area (Å²) in [6.45, 7) is 0. The third kappa shape index (κ3) is 7.53. The van der Waals surface area contributed by atoms with Crippen LogP contribution in [0.25, 0.3) is 0 Å². The molecule has 0 aliphatic heterocycles. The van der Waals surface area contributed by atoms with Crippen LogP contribution in [0.2, 0.25) is 0 Å². The third-order valence-electron chi connectivity index (χ3n) is 1.18. The van der Waals surface area contributed by atoms with Crippen LogP contribution in [-0.2, 0) is 4.84 Å². The minimum Gasteiger partial charge on any atom is -0.310 e. The van der Waals surface area contributed by atoms with Crippen molar-refractivity contribution < 1.29 is 9.92 Å². The first-order chi connectivity index (χ1) is 6.70. The first-order valence-electron chi connectivity index (χ1n) is 3.53. The summed E-state index contributed by atoms with van der Waals surface area (Å²) in [6, 6.07) is 0. The van der Waals surface area contributed by atoms with Gasteiger partial charge in [0.15, 0.2) is 0 Å². The summed E-state index contributed by atoms with van der Waals surface area (Å²) in [4.78, 5) is 14.4. The Balaban J connectivity index is 3.80. The summed E-state index contributed by atoms with van der Waals surface area (Å²) in [7, 11) is 0. The van der Waals surface area contributed by atoms with Gasteiger partial charge in [0, 0.05) is 11.5 Å². The van der Waals surface area contributed by atoms with E-state index in [-0.39, 0.29) is 5.75 Å². The Morgan fingerprint density at radius 2 is 2.07 bits per heavy atom. The second kappa shape index (κ2) is 8.48. The molecule has 0 aromatic heterocycles. The van der Waals surface area contributed by atoms with E-state index in [1.807, 2.05) is 5.40 Å². The van der Waals surface area contributed by atoms with Crippen molar-refractivity contribution in [3.63, 3.8) is 0 Å². The van der Waals surface area contributed by atoms with Gasteiger partial charge in [0.2, 0.25) is 0 Å². The van der Waals surface area contributed by atoms with E-state index in [0.717, 1.165) is 23.5 Å². The molecule has 6 nitrogen and oxygen atoms in total. The molecule has 0 aliphatic rings. The maximum atomic E-state index is 10.0. The fourth-order valence-corrected chi connectivity index (χ4v) is 1.61. The number of thiocyanates is 2. The van der Waals surface area contributed by atoms with Gasteiger partial charge >= 0.3 is 0 Å². The highest BCUT2D eigenvalue weighted by molar-refractivity contribution is 8.04. The lowest BCUT2D eigenvalue weighted by Crippen LogP contribution is -2.20. The summed E-state index contributed by atoms with van der Waals surface area (Å²) >= 11 is 1.91. The molecule has 0 spiro atoms. The molecule has 0 fully saturated rings. The second-order valence-corrected chi connectivity index (χ2v) is 3.77. The van der Waals surface area contributed by atoms with E-state index in [4.69, 9.17) is 10.5 Å². The van der Waals surface area contributed by atoms with E-state index < -0.39 is 11.2 Å². The van der Waals surface area contributed by atoms with Crippen LogP contribution in [0.15, 0.2) is 0 Å². The molecule has 1 atom stereocenters. The monoisotopic (exact) mass is 233 g/mol. The molecule has 0 aromatic rings. The largest absolute Gasteiger partial charge is 0.310 e. The SMILES string of the molecule is N#CSCCC(CSC#N)O[N+](=O)[O-]. The van der Waals surface area contributed by atoms with Crippen LogP contribution >= 0.6 is 23.5 Å². The summed E-state index contributed by atoms with van der Waals surface area (Å²) in [5, 5.41) is 29.3. The third-order valence-corrected chi connectivity index (χ3v) is 2.41. The lowest BCUT2D eigenvalue weighted by molar-refractivity contribution is -0.767. The fourth-order valence-electron chi connectivity index (χ4n) is 0.654. The van der Waals surface area contributed by atoms with Crippen molar-refractivity contribution in [1.29, 1.82) is 10.5 Å². The zero-order valence-corrected chi connectivity index (χ0v) is 8.71. The molecule has 0 saturated heterocycles. The number of hydrogen-bond acceptors (Lipinski definition) is 7. The summed E-state index contributed by atoms with van der Waals surface area (Å²) in [5.74, 6) is 0.699. The quantitative estimate of drug-likeness (QED) is 0.283. The second-order valence-electron chi connectivity index (χ2n) is 2.08. The van der Waals surface area contributed by atoms with Gasteiger partial charge in [0.1, 0.15) is 16.9 Å². The van der Waals surface area contributed by atoms with Gasteiger partial charge in [0.05, 0.1) is 0 Å². The van der Waals surface area contributed by atoms with Crippen molar-refractivity contribution in [2.24, 2.45) is 0 Å². The van der Waals surface area contributed by atoms with Gasteiger partial charge in [-0.05, 0) is 29.9 Å². The molecule has 0 N–H and O–H groups in total. The first kappa shape index (κ1) is 12.9. The highest BCUT2D eigenvalue weighted by Crippen LogP contribution is 2.11. The average Bonchev–Trinajstić information content (AvgIpc) is 2.13. The van der Waals surface area contributed by atoms with Gasteiger partial charge in [-0.3, -0.25) is 0 Å². The van der Waals surface area contributed by atoms with Crippen LogP contribution in [0.1, 0.15) is 6.42 Å². The van der Waals surface area contributed by atoms with Crippen LogP contribution in [0.3, 0.4) is 0 Å². The van der Waals surface area contributed by atoms with Crippen LogP contribution < -0.4 is 0 Å². The van der Waals surface area contributed by atoms with E-state index in [0.29, 0.717) is 12.2 Å². The van der Waals surface area contributed by atoms with Crippen LogP contribution in [0, 0.1) is 31.4 Å². The van der Waals surface area contributed by atoms with E-state index in [9.17, 15) is 10.1 Å². The number of rotatable bonds is 7. The van der Waals surface area contributed by atoms with E-state index >= 15 is 0 Å². The van der Waals surface area contributed by atoms with Gasteiger partial charge in [-0.2, -0.15) is 10.5 Å². The lowest BCUT2D eigenvalue weighted by atomic mass is 10.3. The van der Waals surface area contributed by atoms with Gasteiger partial charge < -0.3 is 4.84 Å². The molecule has 0 saturated carbocycles. The standard InChI is InChI=1S/C6H7N3O3S2/c7-4-13-2-1-6(3-14-5-8)12-9(10)11/h6H,1-3H2. The summed E-state index contributed by atoms with van der Waals surface area (Å²) in [6.07, 6.45) is -0.232. The number of nitriles is 2. The van der Waals surface area contributed by atoms with Crippen LogP contribution in [0.5, 0.6) is 0 Å². The van der Waals surface area contributed by atoms with Gasteiger partial charge in [-0.1, -0.05) is 0 Å². The minimum absolute atomic E-state index is 0.240. The Labute approximate surface area is 89.3 Å². The molecule has 76 valence electrons. The number of hydrogen-bond donors (Lipinski definition) is 0. The molecular formula is C6H7N3O3S2. The Morgan fingerprint density at radius 3 is 2.57 bits per heavy atom. The van der Waals surface area contributed by atoms with Crippen molar-refractivity contribution in [3.8, 4) is 10.8 Å². The molecule has 8 heteroatoms. The minimum atomic E-state index is -0.875. The molecule has 0 rings (SSSR count).